The van der Waals surface area contributed by atoms with Crippen LogP contribution >= 0.6 is 0 Å². The number of rotatable bonds is 52. The second-order valence-corrected chi connectivity index (χ2v) is 19.2. The Morgan fingerprint density at radius 1 is 0.274 bits per heavy atom. The summed E-state index contributed by atoms with van der Waals surface area (Å²) in [6.07, 6.45) is 84.3. The topological polar surface area (TPSA) is 78.9 Å². The number of hydrogen-bond acceptors (Lipinski definition) is 6. The molecule has 0 saturated carbocycles. The Morgan fingerprint density at radius 2 is 0.493 bits per heavy atom. The van der Waals surface area contributed by atoms with Crippen molar-refractivity contribution in [2.24, 2.45) is 0 Å². The summed E-state index contributed by atoms with van der Waals surface area (Å²) < 4.78 is 16.8. The Kier molecular flexibility index (Phi) is 56.4. The first-order valence-corrected chi connectivity index (χ1v) is 29.7. The van der Waals surface area contributed by atoms with E-state index in [4.69, 9.17) is 14.2 Å². The van der Waals surface area contributed by atoms with E-state index in [-0.39, 0.29) is 37.5 Å². The molecule has 0 radical (unpaired) electrons. The summed E-state index contributed by atoms with van der Waals surface area (Å²) in [5.41, 5.74) is 0. The fourth-order valence-corrected chi connectivity index (χ4v) is 7.59. The molecule has 0 bridgehead atoms. The van der Waals surface area contributed by atoms with Gasteiger partial charge in [0.15, 0.2) is 6.10 Å². The quantitative estimate of drug-likeness (QED) is 0.0261. The largest absolute Gasteiger partial charge is 0.462 e. The van der Waals surface area contributed by atoms with Crippen LogP contribution in [-0.4, -0.2) is 37.2 Å². The van der Waals surface area contributed by atoms with Crippen LogP contribution in [0.3, 0.4) is 0 Å². The van der Waals surface area contributed by atoms with Gasteiger partial charge in [0.05, 0.1) is 0 Å². The van der Waals surface area contributed by atoms with Crippen LogP contribution in [-0.2, 0) is 28.6 Å². The second kappa shape index (κ2) is 60.1. The maximum absolute atomic E-state index is 12.9. The number of carbonyl (C=O) groups is 3. The van der Waals surface area contributed by atoms with Crippen molar-refractivity contribution < 1.29 is 28.6 Å². The molecule has 0 heterocycles. The average molecular weight is 1010 g/mol. The van der Waals surface area contributed by atoms with E-state index in [0.29, 0.717) is 19.3 Å². The highest BCUT2D eigenvalue weighted by Gasteiger charge is 2.19. The van der Waals surface area contributed by atoms with Crippen LogP contribution in [0.4, 0.5) is 0 Å². The highest BCUT2D eigenvalue weighted by atomic mass is 16.6. The van der Waals surface area contributed by atoms with Crippen LogP contribution in [0.25, 0.3) is 0 Å². The maximum atomic E-state index is 12.9. The van der Waals surface area contributed by atoms with Gasteiger partial charge in [0.1, 0.15) is 13.2 Å². The molecule has 412 valence electrons. The van der Waals surface area contributed by atoms with Crippen LogP contribution < -0.4 is 0 Å². The molecule has 0 unspecified atom stereocenters. The summed E-state index contributed by atoms with van der Waals surface area (Å²) in [5.74, 6) is -1.00. The summed E-state index contributed by atoms with van der Waals surface area (Å²) in [5, 5.41) is 0. The first-order valence-electron chi connectivity index (χ1n) is 29.7. The number of unbranched alkanes of at least 4 members (excludes halogenated alkanes) is 19. The Morgan fingerprint density at radius 3 is 0.767 bits per heavy atom. The highest BCUT2D eigenvalue weighted by molar-refractivity contribution is 5.71. The smallest absolute Gasteiger partial charge is 0.306 e. The van der Waals surface area contributed by atoms with Gasteiger partial charge in [-0.25, -0.2) is 0 Å². The zero-order valence-electron chi connectivity index (χ0n) is 47.1. The third-order valence-corrected chi connectivity index (χ3v) is 12.1. The summed E-state index contributed by atoms with van der Waals surface area (Å²) in [7, 11) is 0. The first kappa shape index (κ1) is 68.6. The third-order valence-electron chi connectivity index (χ3n) is 12.1. The number of esters is 3. The molecule has 0 aromatic carbocycles. The van der Waals surface area contributed by atoms with E-state index in [1.807, 2.05) is 0 Å². The number of carbonyl (C=O) groups excluding carboxylic acids is 3. The standard InChI is InChI=1S/C67H108O6/c1-4-7-10-13-16-19-22-25-28-31-33-36-39-42-45-48-51-54-57-60-66(69)72-63-64(62-71-65(68)59-56-53-50-47-44-41-38-35-30-27-24-21-18-15-12-9-6-3)73-67(70)61-58-55-52-49-46-43-40-37-34-32-29-26-23-20-17-14-11-8-5-2/h16-21,25-30,33-34,36-38,41-43,45-46,64H,4-15,22-24,31-32,35,39-40,44,47-63H2,1-3H3/b19-16-,20-17-,21-18-,28-25-,29-26-,30-27-,36-33-,37-34-,41-38-,45-42-,46-43-/t64-/m1/s1. The molecule has 0 aliphatic carbocycles. The van der Waals surface area contributed by atoms with Crippen LogP contribution in [0.1, 0.15) is 252 Å². The van der Waals surface area contributed by atoms with Gasteiger partial charge in [-0.05, 0) is 148 Å². The van der Waals surface area contributed by atoms with E-state index in [1.165, 1.54) is 77.0 Å². The highest BCUT2D eigenvalue weighted by Crippen LogP contribution is 2.12. The normalized spacial score (nSPS) is 13.1. The molecule has 73 heavy (non-hydrogen) atoms. The van der Waals surface area contributed by atoms with Crippen molar-refractivity contribution in [2.75, 3.05) is 13.2 Å². The third kappa shape index (κ3) is 58.3. The van der Waals surface area contributed by atoms with E-state index < -0.39 is 6.10 Å². The zero-order chi connectivity index (χ0) is 52.9. The van der Waals surface area contributed by atoms with Crippen LogP contribution in [0.5, 0.6) is 0 Å². The number of allylic oxidation sites excluding steroid dienone is 22. The van der Waals surface area contributed by atoms with Gasteiger partial charge in [-0.3, -0.25) is 14.4 Å². The lowest BCUT2D eigenvalue weighted by atomic mass is 10.1. The lowest BCUT2D eigenvalue weighted by molar-refractivity contribution is -0.167. The van der Waals surface area contributed by atoms with Gasteiger partial charge in [-0.2, -0.15) is 0 Å². The van der Waals surface area contributed by atoms with Gasteiger partial charge >= 0.3 is 17.9 Å². The minimum Gasteiger partial charge on any atom is -0.462 e. The number of ether oxygens (including phenoxy) is 3. The molecule has 0 N–H and O–H groups in total. The molecule has 0 amide bonds. The van der Waals surface area contributed by atoms with Crippen molar-refractivity contribution in [2.45, 2.75) is 258 Å². The van der Waals surface area contributed by atoms with Crippen molar-refractivity contribution in [3.05, 3.63) is 134 Å². The van der Waals surface area contributed by atoms with Crippen molar-refractivity contribution in [1.82, 2.24) is 0 Å². The zero-order valence-corrected chi connectivity index (χ0v) is 47.1. The molecule has 6 heteroatoms. The molecular weight excluding hydrogens is 901 g/mol. The van der Waals surface area contributed by atoms with Gasteiger partial charge in [-0.1, -0.05) is 219 Å². The van der Waals surface area contributed by atoms with Crippen LogP contribution in [0, 0.1) is 0 Å². The minimum atomic E-state index is -0.824. The Bertz CT molecular complexity index is 1580. The van der Waals surface area contributed by atoms with Gasteiger partial charge in [0.2, 0.25) is 0 Å². The molecule has 0 rings (SSSR count). The van der Waals surface area contributed by atoms with Crippen molar-refractivity contribution in [3.8, 4) is 0 Å². The molecule has 0 spiro atoms. The maximum Gasteiger partial charge on any atom is 0.306 e. The second-order valence-electron chi connectivity index (χ2n) is 19.2. The molecule has 0 aliphatic rings. The van der Waals surface area contributed by atoms with Crippen molar-refractivity contribution in [1.29, 1.82) is 0 Å². The molecule has 6 nitrogen and oxygen atoms in total. The molecule has 0 aromatic rings. The Hall–Kier alpha value is -4.45. The van der Waals surface area contributed by atoms with E-state index in [0.717, 1.165) is 128 Å². The first-order chi connectivity index (χ1) is 36.0. The fraction of sp³-hybridized carbons (Fsp3) is 0.627. The molecular formula is C67H108O6. The van der Waals surface area contributed by atoms with Crippen LogP contribution in [0.15, 0.2) is 134 Å². The van der Waals surface area contributed by atoms with Gasteiger partial charge < -0.3 is 14.2 Å². The predicted molar refractivity (Wildman–Crippen MR) is 316 cm³/mol. The number of hydrogen-bond donors (Lipinski definition) is 0. The fourth-order valence-electron chi connectivity index (χ4n) is 7.59. The molecule has 1 atom stereocenters. The van der Waals surface area contributed by atoms with Gasteiger partial charge in [0, 0.05) is 19.3 Å². The van der Waals surface area contributed by atoms with E-state index in [2.05, 4.69) is 154 Å². The SMILES string of the molecule is CCCCC/C=C\C/C=C\C/C=C\C/C=C\CCCCCC(=O)OC[C@@H](COC(=O)CCCCCC/C=C\C/C=C\C/C=C\CCCCC)OC(=O)CCCCC/C=C\C/C=C\C/C=C\C/C=C\CCCCC. The van der Waals surface area contributed by atoms with E-state index in [1.54, 1.807) is 0 Å². The van der Waals surface area contributed by atoms with Crippen molar-refractivity contribution in [3.63, 3.8) is 0 Å². The summed E-state index contributed by atoms with van der Waals surface area (Å²) >= 11 is 0. The average Bonchev–Trinajstić information content (AvgIpc) is 3.39. The van der Waals surface area contributed by atoms with Crippen molar-refractivity contribution >= 4 is 17.9 Å². The van der Waals surface area contributed by atoms with E-state index in [9.17, 15) is 14.4 Å². The molecule has 0 saturated heterocycles. The summed E-state index contributed by atoms with van der Waals surface area (Å²) in [4.78, 5) is 38.2. The Labute approximate surface area is 449 Å². The van der Waals surface area contributed by atoms with Gasteiger partial charge in [-0.15, -0.1) is 0 Å². The van der Waals surface area contributed by atoms with Crippen LogP contribution in [0.2, 0.25) is 0 Å². The predicted octanol–water partition coefficient (Wildman–Crippen LogP) is 20.2. The monoisotopic (exact) mass is 1010 g/mol. The lowest BCUT2D eigenvalue weighted by Gasteiger charge is -2.18. The minimum absolute atomic E-state index is 0.118. The molecule has 0 fully saturated rings. The Balaban J connectivity index is 4.58. The molecule has 0 aliphatic heterocycles. The van der Waals surface area contributed by atoms with E-state index >= 15 is 0 Å². The summed E-state index contributed by atoms with van der Waals surface area (Å²) in [6.45, 7) is 6.48. The molecule has 0 aromatic heterocycles. The lowest BCUT2D eigenvalue weighted by Crippen LogP contribution is -2.30. The summed E-state index contributed by atoms with van der Waals surface area (Å²) in [6, 6.07) is 0. The van der Waals surface area contributed by atoms with Gasteiger partial charge in [0.25, 0.3) is 0 Å².